The lowest BCUT2D eigenvalue weighted by atomic mass is 10.00. The van der Waals surface area contributed by atoms with Gasteiger partial charge in [0.1, 0.15) is 34.7 Å². The van der Waals surface area contributed by atoms with Crippen molar-refractivity contribution < 1.29 is 30.8 Å². The van der Waals surface area contributed by atoms with Gasteiger partial charge in [-0.05, 0) is 67.4 Å². The summed E-state index contributed by atoms with van der Waals surface area (Å²) < 4.78 is 79.7. The lowest BCUT2D eigenvalue weighted by Gasteiger charge is -2.21. The standard InChI is InChI=1S/C38H33F3N6O4S/c1-20-8-9-22(27(41)14-20)37-35(38(48)42-2)25-15-24(31(17-33(25)51-37)45(3)52(4,49)50)28-10-11-29-36(44-28)32-16-23-26(40)6-5-7-30(23)47(32)34(43-29)19-46-13-12-21(39)18-46/h5-11,14-17,21H,12-13,18-19H2,1-4H3,(H,42,48)/t21-/m1/s1. The Kier molecular flexibility index (Phi) is 7.99. The van der Waals surface area contributed by atoms with Crippen molar-refractivity contribution in [1.29, 1.82) is 0 Å². The van der Waals surface area contributed by atoms with Gasteiger partial charge in [-0.1, -0.05) is 12.1 Å². The van der Waals surface area contributed by atoms with Crippen molar-refractivity contribution in [2.45, 2.75) is 26.1 Å². The minimum Gasteiger partial charge on any atom is -0.455 e. The van der Waals surface area contributed by atoms with Crippen molar-refractivity contribution in [3.63, 3.8) is 0 Å². The van der Waals surface area contributed by atoms with Crippen LogP contribution in [0.1, 0.15) is 28.2 Å². The predicted molar refractivity (Wildman–Crippen MR) is 195 cm³/mol. The van der Waals surface area contributed by atoms with E-state index in [1.54, 1.807) is 49.4 Å². The highest BCUT2D eigenvalue weighted by atomic mass is 32.2. The van der Waals surface area contributed by atoms with Gasteiger partial charge in [-0.15, -0.1) is 0 Å². The number of hydrogen-bond acceptors (Lipinski definition) is 7. The van der Waals surface area contributed by atoms with Crippen LogP contribution in [0.4, 0.5) is 18.9 Å². The summed E-state index contributed by atoms with van der Waals surface area (Å²) in [6.07, 6.45) is 0.555. The summed E-state index contributed by atoms with van der Waals surface area (Å²) in [5, 5.41) is 3.27. The molecule has 1 atom stereocenters. The second kappa shape index (κ2) is 12.3. The average molecular weight is 727 g/mol. The lowest BCUT2D eigenvalue weighted by molar-refractivity contribution is 0.0964. The van der Waals surface area contributed by atoms with E-state index < -0.39 is 33.7 Å². The summed E-state index contributed by atoms with van der Waals surface area (Å²) in [7, 11) is -0.991. The third-order valence-electron chi connectivity index (χ3n) is 9.74. The molecule has 8 rings (SSSR count). The Morgan fingerprint density at radius 2 is 1.81 bits per heavy atom. The molecule has 1 saturated heterocycles. The van der Waals surface area contributed by atoms with E-state index in [4.69, 9.17) is 14.4 Å². The highest BCUT2D eigenvalue weighted by Crippen LogP contribution is 2.42. The van der Waals surface area contributed by atoms with E-state index in [0.717, 1.165) is 10.6 Å². The number of carbonyl (C=O) groups excluding carboxylic acids is 1. The summed E-state index contributed by atoms with van der Waals surface area (Å²) in [5.74, 6) is -0.967. The first kappa shape index (κ1) is 33.7. The topological polar surface area (TPSA) is 113 Å². The van der Waals surface area contributed by atoms with E-state index in [1.165, 1.54) is 38.4 Å². The zero-order chi connectivity index (χ0) is 36.6. The van der Waals surface area contributed by atoms with Gasteiger partial charge in [0.25, 0.3) is 5.91 Å². The van der Waals surface area contributed by atoms with Gasteiger partial charge in [0.15, 0.2) is 5.76 Å². The minimum atomic E-state index is -3.83. The van der Waals surface area contributed by atoms with E-state index >= 15 is 8.78 Å². The van der Waals surface area contributed by atoms with E-state index in [1.807, 2.05) is 9.30 Å². The maximum Gasteiger partial charge on any atom is 0.255 e. The largest absolute Gasteiger partial charge is 0.455 e. The molecule has 7 aromatic rings. The van der Waals surface area contributed by atoms with Crippen molar-refractivity contribution in [2.75, 3.05) is 37.7 Å². The van der Waals surface area contributed by atoms with Crippen LogP contribution in [-0.4, -0.2) is 73.2 Å². The summed E-state index contributed by atoms with van der Waals surface area (Å²) in [6, 6.07) is 17.6. The Labute approximate surface area is 296 Å². The number of likely N-dealkylation sites (tertiary alicyclic amines) is 1. The molecule has 1 aliphatic rings. The van der Waals surface area contributed by atoms with Gasteiger partial charge in [-0.3, -0.25) is 18.4 Å². The molecule has 1 N–H and O–H groups in total. The van der Waals surface area contributed by atoms with Crippen LogP contribution in [0.25, 0.3) is 61.0 Å². The molecule has 1 fully saturated rings. The van der Waals surface area contributed by atoms with Crippen molar-refractivity contribution in [2.24, 2.45) is 0 Å². The summed E-state index contributed by atoms with van der Waals surface area (Å²) in [4.78, 5) is 25.3. The van der Waals surface area contributed by atoms with Gasteiger partial charge in [0, 0.05) is 49.6 Å². The normalized spacial score (nSPS) is 15.4. The molecule has 10 nitrogen and oxygen atoms in total. The number of nitrogens with one attached hydrogen (secondary N) is 1. The summed E-state index contributed by atoms with van der Waals surface area (Å²) >= 11 is 0. The Hall–Kier alpha value is -5.47. The molecular weight excluding hydrogens is 694 g/mol. The van der Waals surface area contributed by atoms with Crippen LogP contribution in [0.15, 0.2) is 71.1 Å². The monoisotopic (exact) mass is 726 g/mol. The fourth-order valence-corrected chi connectivity index (χ4v) is 7.58. The Morgan fingerprint density at radius 3 is 2.52 bits per heavy atom. The molecule has 0 aliphatic carbocycles. The smallest absolute Gasteiger partial charge is 0.255 e. The zero-order valence-corrected chi connectivity index (χ0v) is 29.5. The average Bonchev–Trinajstić information content (AvgIpc) is 3.82. The number of benzene rings is 3. The van der Waals surface area contributed by atoms with Crippen LogP contribution in [0.3, 0.4) is 0 Å². The Morgan fingerprint density at radius 1 is 1.00 bits per heavy atom. The van der Waals surface area contributed by atoms with E-state index in [9.17, 15) is 17.6 Å². The molecule has 0 spiro atoms. The second-order valence-corrected chi connectivity index (χ2v) is 15.2. The zero-order valence-electron chi connectivity index (χ0n) is 28.7. The van der Waals surface area contributed by atoms with Crippen molar-refractivity contribution in [3.05, 3.63) is 95.3 Å². The number of halogens is 3. The third-order valence-corrected chi connectivity index (χ3v) is 10.9. The molecule has 1 aliphatic heterocycles. The first-order chi connectivity index (χ1) is 24.8. The maximum atomic E-state index is 15.3. The number of anilines is 1. The number of pyridine rings is 1. The summed E-state index contributed by atoms with van der Waals surface area (Å²) in [5.41, 5.74) is 3.86. The molecule has 0 unspecified atom stereocenters. The first-order valence-electron chi connectivity index (χ1n) is 16.6. The highest BCUT2D eigenvalue weighted by Gasteiger charge is 2.29. The Bertz CT molecular complexity index is 2730. The van der Waals surface area contributed by atoms with Crippen molar-refractivity contribution in [1.82, 2.24) is 24.6 Å². The van der Waals surface area contributed by atoms with Gasteiger partial charge < -0.3 is 9.73 Å². The molecule has 0 radical (unpaired) electrons. The molecule has 14 heteroatoms. The quantitative estimate of drug-likeness (QED) is 0.188. The van der Waals surface area contributed by atoms with Gasteiger partial charge in [-0.2, -0.15) is 0 Å². The van der Waals surface area contributed by atoms with Crippen LogP contribution in [0.2, 0.25) is 0 Å². The molecule has 4 aromatic heterocycles. The number of alkyl halides is 1. The molecule has 3 aromatic carbocycles. The molecular formula is C38H33F3N6O4S. The van der Waals surface area contributed by atoms with Crippen LogP contribution in [0.5, 0.6) is 0 Å². The van der Waals surface area contributed by atoms with E-state index in [2.05, 4.69) is 5.32 Å². The number of rotatable bonds is 7. The van der Waals surface area contributed by atoms with Crippen molar-refractivity contribution >= 4 is 60.0 Å². The van der Waals surface area contributed by atoms with Crippen LogP contribution < -0.4 is 9.62 Å². The molecule has 0 bridgehead atoms. The molecule has 1 amide bonds. The van der Waals surface area contributed by atoms with Crippen LogP contribution in [-0.2, 0) is 16.6 Å². The predicted octanol–water partition coefficient (Wildman–Crippen LogP) is 7.00. The van der Waals surface area contributed by atoms with Gasteiger partial charge in [-0.25, -0.2) is 31.6 Å². The molecule has 52 heavy (non-hydrogen) atoms. The lowest BCUT2D eigenvalue weighted by Crippen LogP contribution is -2.25. The fraction of sp³-hybridized carbons (Fsp3) is 0.237. The van der Waals surface area contributed by atoms with Crippen LogP contribution in [0, 0.1) is 18.6 Å². The van der Waals surface area contributed by atoms with Crippen molar-refractivity contribution in [3.8, 4) is 22.6 Å². The number of aromatic nitrogens is 3. The van der Waals surface area contributed by atoms with Gasteiger partial charge in [0.2, 0.25) is 10.0 Å². The van der Waals surface area contributed by atoms with Gasteiger partial charge >= 0.3 is 0 Å². The molecule has 266 valence electrons. The number of furan rings is 1. The fourth-order valence-electron chi connectivity index (χ4n) is 7.07. The molecule has 5 heterocycles. The SMILES string of the molecule is CNC(=O)c1c(-c2ccc(C)cc2F)oc2cc(N(C)S(C)(=O)=O)c(-c3ccc4nc(CN5CC[C@@H](F)C5)n5c6cccc(F)c6cc5c4n3)cc12. The number of carbonyl (C=O) groups is 1. The number of fused-ring (bicyclic) bond motifs is 6. The summed E-state index contributed by atoms with van der Waals surface area (Å²) in [6.45, 7) is 2.92. The van der Waals surface area contributed by atoms with E-state index in [-0.39, 0.29) is 34.7 Å². The third kappa shape index (κ3) is 5.53. The minimum absolute atomic E-state index is 0.0131. The first-order valence-corrected chi connectivity index (χ1v) is 18.5. The van der Waals surface area contributed by atoms with Gasteiger partial charge in [0.05, 0.1) is 51.9 Å². The second-order valence-electron chi connectivity index (χ2n) is 13.2. The van der Waals surface area contributed by atoms with Crippen LogP contribution >= 0.6 is 0 Å². The number of nitrogens with zero attached hydrogens (tertiary/aromatic N) is 5. The number of amides is 1. The number of hydrogen-bond donors (Lipinski definition) is 1. The highest BCUT2D eigenvalue weighted by molar-refractivity contribution is 7.92. The number of aryl methyl sites for hydroxylation is 1. The Balaban J connectivity index is 1.40. The maximum absolute atomic E-state index is 15.3. The molecule has 0 saturated carbocycles. The van der Waals surface area contributed by atoms with E-state index in [0.29, 0.717) is 75.0 Å². The number of sulfonamides is 1.